The van der Waals surface area contributed by atoms with Gasteiger partial charge in [-0.25, -0.2) is 9.97 Å². The van der Waals surface area contributed by atoms with E-state index in [0.717, 1.165) is 44.0 Å². The van der Waals surface area contributed by atoms with Gasteiger partial charge in [-0.2, -0.15) is 0 Å². The summed E-state index contributed by atoms with van der Waals surface area (Å²) in [6, 6.07) is 5.89. The van der Waals surface area contributed by atoms with E-state index in [2.05, 4.69) is 16.0 Å². The molecule has 1 aromatic carbocycles. The highest BCUT2D eigenvalue weighted by atomic mass is 35.5. The molecule has 5 heteroatoms. The molecule has 0 unspecified atom stereocenters. The highest BCUT2D eigenvalue weighted by Gasteiger charge is 2.12. The number of halogens is 1. The van der Waals surface area contributed by atoms with Gasteiger partial charge < -0.3 is 5.73 Å². The van der Waals surface area contributed by atoms with Crippen molar-refractivity contribution in [3.63, 3.8) is 0 Å². The minimum absolute atomic E-state index is 0.598. The Kier molecular flexibility index (Phi) is 5.02. The van der Waals surface area contributed by atoms with Gasteiger partial charge in [-0.05, 0) is 62.7 Å². The molecule has 0 spiro atoms. The Labute approximate surface area is 129 Å². The zero-order valence-corrected chi connectivity index (χ0v) is 13.5. The molecule has 0 fully saturated rings. The van der Waals surface area contributed by atoms with Crippen molar-refractivity contribution < 1.29 is 0 Å². The first-order valence-corrected chi connectivity index (χ1v) is 7.69. The van der Waals surface area contributed by atoms with Crippen molar-refractivity contribution in [2.24, 2.45) is 5.73 Å². The normalized spacial score (nSPS) is 10.8. The summed E-state index contributed by atoms with van der Waals surface area (Å²) in [6.45, 7) is 6.64. The number of nitrogens with two attached hydrogens (primary N) is 1. The lowest BCUT2D eigenvalue weighted by Gasteiger charge is -2.11. The Morgan fingerprint density at radius 1 is 1.15 bits per heavy atom. The number of hydrogen-bond acceptors (Lipinski definition) is 4. The average molecular weight is 308 g/mol. The molecule has 0 bridgehead atoms. The second kappa shape index (κ2) is 6.57. The van der Waals surface area contributed by atoms with E-state index in [1.807, 2.05) is 32.9 Å². The second-order valence-electron chi connectivity index (χ2n) is 4.67. The number of rotatable bonds is 4. The van der Waals surface area contributed by atoms with Gasteiger partial charge in [0.25, 0.3) is 0 Å². The Hall–Kier alpha value is -1.10. The third-order valence-electron chi connectivity index (χ3n) is 3.27. The zero-order chi connectivity index (χ0) is 14.7. The Balaban J connectivity index is 2.39. The van der Waals surface area contributed by atoms with Crippen LogP contribution in [0.2, 0.25) is 5.02 Å². The van der Waals surface area contributed by atoms with Crippen molar-refractivity contribution in [1.29, 1.82) is 0 Å². The lowest BCUT2D eigenvalue weighted by Crippen LogP contribution is -2.04. The molecule has 0 atom stereocenters. The van der Waals surface area contributed by atoms with Gasteiger partial charge in [0, 0.05) is 16.3 Å². The van der Waals surface area contributed by atoms with Crippen molar-refractivity contribution >= 4 is 23.4 Å². The van der Waals surface area contributed by atoms with E-state index in [9.17, 15) is 0 Å². The molecule has 3 nitrogen and oxygen atoms in total. The van der Waals surface area contributed by atoms with Crippen LogP contribution in [0, 0.1) is 20.8 Å². The third-order valence-corrected chi connectivity index (χ3v) is 4.75. The molecule has 0 saturated carbocycles. The third kappa shape index (κ3) is 3.32. The van der Waals surface area contributed by atoms with Crippen LogP contribution in [0.4, 0.5) is 0 Å². The maximum absolute atomic E-state index is 6.31. The van der Waals surface area contributed by atoms with Crippen LogP contribution in [0.15, 0.2) is 28.3 Å². The van der Waals surface area contributed by atoms with E-state index in [1.165, 1.54) is 11.8 Å². The van der Waals surface area contributed by atoms with Crippen molar-refractivity contribution in [2.45, 2.75) is 37.2 Å². The Bertz CT molecular complexity index is 606. The fourth-order valence-corrected chi connectivity index (χ4v) is 3.22. The molecular formula is C15H18ClN3S. The number of aryl methyl sites for hydroxylation is 2. The summed E-state index contributed by atoms with van der Waals surface area (Å²) < 4.78 is 0. The zero-order valence-electron chi connectivity index (χ0n) is 11.9. The van der Waals surface area contributed by atoms with Gasteiger partial charge >= 0.3 is 0 Å². The monoisotopic (exact) mass is 307 g/mol. The molecule has 2 aromatic rings. The first-order valence-electron chi connectivity index (χ1n) is 6.50. The number of benzene rings is 1. The van der Waals surface area contributed by atoms with Gasteiger partial charge in [-0.1, -0.05) is 23.7 Å². The van der Waals surface area contributed by atoms with Gasteiger partial charge in [0.15, 0.2) is 5.16 Å². The smallest absolute Gasteiger partial charge is 0.192 e. The first kappa shape index (κ1) is 15.3. The summed E-state index contributed by atoms with van der Waals surface area (Å²) in [6.07, 6.45) is 0.798. The summed E-state index contributed by atoms with van der Waals surface area (Å²) in [5.41, 5.74) is 9.95. The minimum Gasteiger partial charge on any atom is -0.330 e. The van der Waals surface area contributed by atoms with E-state index < -0.39 is 0 Å². The second-order valence-corrected chi connectivity index (χ2v) is 6.06. The minimum atomic E-state index is 0.598. The molecule has 1 heterocycles. The molecule has 0 radical (unpaired) electrons. The molecule has 0 amide bonds. The predicted octanol–water partition coefficient (Wildman–Crippen LogP) is 3.71. The number of hydrogen-bond donors (Lipinski definition) is 1. The van der Waals surface area contributed by atoms with E-state index in [4.69, 9.17) is 17.3 Å². The summed E-state index contributed by atoms with van der Waals surface area (Å²) >= 11 is 7.82. The van der Waals surface area contributed by atoms with Crippen molar-refractivity contribution in [3.05, 3.63) is 45.7 Å². The van der Waals surface area contributed by atoms with Gasteiger partial charge in [0.2, 0.25) is 0 Å². The van der Waals surface area contributed by atoms with E-state index >= 15 is 0 Å². The van der Waals surface area contributed by atoms with Gasteiger partial charge in [-0.15, -0.1) is 0 Å². The molecule has 20 heavy (non-hydrogen) atoms. The fourth-order valence-electron chi connectivity index (χ4n) is 1.90. The largest absolute Gasteiger partial charge is 0.330 e. The van der Waals surface area contributed by atoms with Crippen molar-refractivity contribution in [3.8, 4) is 0 Å². The van der Waals surface area contributed by atoms with Crippen molar-refractivity contribution in [2.75, 3.05) is 6.54 Å². The highest BCUT2D eigenvalue weighted by Crippen LogP contribution is 2.35. The molecule has 1 aromatic heterocycles. The van der Waals surface area contributed by atoms with E-state index in [0.29, 0.717) is 6.54 Å². The molecule has 0 aliphatic rings. The maximum Gasteiger partial charge on any atom is 0.192 e. The van der Waals surface area contributed by atoms with Crippen LogP contribution in [-0.4, -0.2) is 16.5 Å². The number of aromatic nitrogens is 2. The van der Waals surface area contributed by atoms with E-state index in [-0.39, 0.29) is 0 Å². The number of nitrogens with zero attached hydrogens (tertiary/aromatic N) is 2. The first-order chi connectivity index (χ1) is 9.52. The van der Waals surface area contributed by atoms with Gasteiger partial charge in [0.1, 0.15) is 0 Å². The Morgan fingerprint density at radius 2 is 1.80 bits per heavy atom. The van der Waals surface area contributed by atoms with Gasteiger partial charge in [0.05, 0.1) is 5.02 Å². The highest BCUT2D eigenvalue weighted by molar-refractivity contribution is 7.99. The molecule has 2 rings (SSSR count). The summed E-state index contributed by atoms with van der Waals surface area (Å²) in [5, 5.41) is 1.46. The fraction of sp³-hybridized carbons (Fsp3) is 0.333. The SMILES string of the molecule is Cc1nc(Sc2c(Cl)cccc2CCN)nc(C)c1C. The quantitative estimate of drug-likeness (QED) is 0.875. The van der Waals surface area contributed by atoms with Crippen LogP contribution in [0.25, 0.3) is 0 Å². The van der Waals surface area contributed by atoms with Crippen LogP contribution in [0.3, 0.4) is 0 Å². The molecule has 0 saturated heterocycles. The molecule has 2 N–H and O–H groups in total. The summed E-state index contributed by atoms with van der Waals surface area (Å²) in [7, 11) is 0. The molecule has 0 aliphatic carbocycles. The van der Waals surface area contributed by atoms with Gasteiger partial charge in [-0.3, -0.25) is 0 Å². The standard InChI is InChI=1S/C15H18ClN3S/c1-9-10(2)18-15(19-11(9)3)20-14-12(7-8-17)5-4-6-13(14)16/h4-6H,7-8,17H2,1-3H3. The predicted molar refractivity (Wildman–Crippen MR) is 84.6 cm³/mol. The Morgan fingerprint density at radius 3 is 2.40 bits per heavy atom. The lowest BCUT2D eigenvalue weighted by atomic mass is 10.1. The van der Waals surface area contributed by atoms with Crippen LogP contribution < -0.4 is 5.73 Å². The molecule has 106 valence electrons. The topological polar surface area (TPSA) is 51.8 Å². The average Bonchev–Trinajstić information content (AvgIpc) is 2.40. The van der Waals surface area contributed by atoms with Crippen LogP contribution in [-0.2, 0) is 6.42 Å². The lowest BCUT2D eigenvalue weighted by molar-refractivity contribution is 0.878. The molecular weight excluding hydrogens is 290 g/mol. The van der Waals surface area contributed by atoms with Crippen LogP contribution in [0.5, 0.6) is 0 Å². The summed E-state index contributed by atoms with van der Waals surface area (Å²) in [5.74, 6) is 0. The molecule has 0 aliphatic heterocycles. The van der Waals surface area contributed by atoms with Crippen LogP contribution in [0.1, 0.15) is 22.5 Å². The maximum atomic E-state index is 6.31. The summed E-state index contributed by atoms with van der Waals surface area (Å²) in [4.78, 5) is 10.1. The van der Waals surface area contributed by atoms with Crippen LogP contribution >= 0.6 is 23.4 Å². The van der Waals surface area contributed by atoms with E-state index in [1.54, 1.807) is 0 Å². The van der Waals surface area contributed by atoms with Crippen molar-refractivity contribution in [1.82, 2.24) is 9.97 Å².